The zero-order valence-corrected chi connectivity index (χ0v) is 20.8. The van der Waals surface area contributed by atoms with Gasteiger partial charge in [-0.05, 0) is 101 Å². The van der Waals surface area contributed by atoms with Crippen molar-refractivity contribution in [3.05, 3.63) is 23.3 Å². The van der Waals surface area contributed by atoms with Gasteiger partial charge in [0.05, 0.1) is 11.5 Å². The third-order valence-electron chi connectivity index (χ3n) is 11.5. The van der Waals surface area contributed by atoms with E-state index in [1.165, 1.54) is 12.2 Å². The van der Waals surface area contributed by atoms with Gasteiger partial charge in [-0.15, -0.1) is 0 Å². The molecule has 0 radical (unpaired) electrons. The monoisotopic (exact) mass is 468 g/mol. The Kier molecular flexibility index (Phi) is 4.46. The molecule has 4 fully saturated rings. The summed E-state index contributed by atoms with van der Waals surface area (Å²) in [6.45, 7) is 9.86. The largest absolute Gasteiger partial charge is 0.456 e. The van der Waals surface area contributed by atoms with E-state index in [-0.39, 0.29) is 46.8 Å². The Morgan fingerprint density at radius 2 is 1.74 bits per heavy atom. The highest BCUT2D eigenvalue weighted by Gasteiger charge is 2.81. The molecule has 184 valence electrons. The Labute approximate surface area is 201 Å². The van der Waals surface area contributed by atoms with Crippen molar-refractivity contribution >= 4 is 17.5 Å². The van der Waals surface area contributed by atoms with E-state index in [0.717, 1.165) is 37.7 Å². The number of carbonyl (C=O) groups is 3. The fourth-order valence-electron chi connectivity index (χ4n) is 9.38. The zero-order chi connectivity index (χ0) is 24.4. The molecule has 4 aliphatic carbocycles. The average molecular weight is 469 g/mol. The van der Waals surface area contributed by atoms with Crippen LogP contribution in [0.25, 0.3) is 0 Å². The van der Waals surface area contributed by atoms with Gasteiger partial charge in [0, 0.05) is 12.0 Å². The summed E-state index contributed by atoms with van der Waals surface area (Å²) in [5.74, 6) is 0.387. The summed E-state index contributed by atoms with van der Waals surface area (Å²) in [6.07, 6.45) is 7.10. The fraction of sp³-hybridized carbons (Fsp3) is 0.750. The number of aliphatic hydroxyl groups is 1. The van der Waals surface area contributed by atoms with Gasteiger partial charge in [-0.1, -0.05) is 12.5 Å². The standard InChI is InChI=1S/C28H36O6/c1-14-12-22(33-24(31)15(14)2)27(5,32)19-7-6-17-16-13-23-28(34-23)21(30)9-8-20(29)26(28,4)18(16)10-11-25(17,19)3/h8-9,16-19,22-23,32H,6-7,10-13H2,1-5H3. The van der Waals surface area contributed by atoms with Gasteiger partial charge in [0.25, 0.3) is 0 Å². The smallest absolute Gasteiger partial charge is 0.334 e. The van der Waals surface area contributed by atoms with E-state index in [9.17, 15) is 19.5 Å². The molecule has 6 rings (SSSR count). The maximum absolute atomic E-state index is 13.3. The number of ketones is 2. The van der Waals surface area contributed by atoms with Crippen LogP contribution < -0.4 is 0 Å². The molecule has 2 aliphatic heterocycles. The third kappa shape index (κ3) is 2.47. The molecule has 6 aliphatic rings. The highest BCUT2D eigenvalue weighted by Crippen LogP contribution is 2.72. The first-order valence-electron chi connectivity index (χ1n) is 12.9. The quantitative estimate of drug-likeness (QED) is 0.491. The molecule has 0 aromatic carbocycles. The Morgan fingerprint density at radius 3 is 2.44 bits per heavy atom. The summed E-state index contributed by atoms with van der Waals surface area (Å²) in [5, 5.41) is 11.9. The van der Waals surface area contributed by atoms with Crippen molar-refractivity contribution in [2.24, 2.45) is 34.5 Å². The van der Waals surface area contributed by atoms with E-state index in [4.69, 9.17) is 9.47 Å². The van der Waals surface area contributed by atoms with E-state index in [1.54, 1.807) is 6.92 Å². The minimum absolute atomic E-state index is 0.00171. The topological polar surface area (TPSA) is 93.2 Å². The van der Waals surface area contributed by atoms with Gasteiger partial charge in [-0.3, -0.25) is 9.59 Å². The van der Waals surface area contributed by atoms with Crippen LogP contribution in [0.5, 0.6) is 0 Å². The first-order valence-corrected chi connectivity index (χ1v) is 12.9. The van der Waals surface area contributed by atoms with Crippen molar-refractivity contribution in [3.63, 3.8) is 0 Å². The Bertz CT molecular complexity index is 1070. The van der Waals surface area contributed by atoms with Crippen LogP contribution in [0, 0.1) is 34.5 Å². The lowest BCUT2D eigenvalue weighted by Crippen LogP contribution is -2.63. The molecule has 10 unspecified atom stereocenters. The molecule has 1 spiro atoms. The number of esters is 1. The summed E-state index contributed by atoms with van der Waals surface area (Å²) in [4.78, 5) is 38.6. The number of hydrogen-bond acceptors (Lipinski definition) is 6. The van der Waals surface area contributed by atoms with Crippen molar-refractivity contribution in [1.82, 2.24) is 0 Å². The SMILES string of the molecule is CC1=C(C)C(=O)OC(C(C)(O)C2CCC3C4CC5OC56C(=O)C=CC(=O)C6(C)C4CCC32C)C1. The van der Waals surface area contributed by atoms with Gasteiger partial charge in [0.2, 0.25) is 0 Å². The number of carbonyl (C=O) groups excluding carboxylic acids is 3. The van der Waals surface area contributed by atoms with E-state index in [0.29, 0.717) is 17.9 Å². The summed E-state index contributed by atoms with van der Waals surface area (Å²) >= 11 is 0. The van der Waals surface area contributed by atoms with Gasteiger partial charge in [0.15, 0.2) is 17.2 Å². The Morgan fingerprint density at radius 1 is 1.03 bits per heavy atom. The molecular weight excluding hydrogens is 432 g/mol. The number of fused-ring (bicyclic) bond motifs is 4. The maximum Gasteiger partial charge on any atom is 0.334 e. The van der Waals surface area contributed by atoms with E-state index in [2.05, 4.69) is 6.92 Å². The highest BCUT2D eigenvalue weighted by molar-refractivity contribution is 6.15. The fourth-order valence-corrected chi connectivity index (χ4v) is 9.38. The number of hydrogen-bond donors (Lipinski definition) is 1. The average Bonchev–Trinajstić information content (AvgIpc) is 3.40. The molecular formula is C28H36O6. The molecule has 0 aromatic heterocycles. The number of cyclic esters (lactones) is 1. The first kappa shape index (κ1) is 22.7. The minimum atomic E-state index is -1.13. The van der Waals surface area contributed by atoms with Crippen LogP contribution in [0.15, 0.2) is 23.3 Å². The molecule has 1 N–H and O–H groups in total. The molecule has 0 amide bonds. The number of ether oxygens (including phenoxy) is 2. The molecule has 1 saturated heterocycles. The van der Waals surface area contributed by atoms with E-state index >= 15 is 0 Å². The molecule has 2 heterocycles. The first-order chi connectivity index (χ1) is 15.9. The summed E-state index contributed by atoms with van der Waals surface area (Å²) < 4.78 is 11.9. The second-order valence-electron chi connectivity index (χ2n) is 12.6. The molecule has 0 bridgehead atoms. The van der Waals surface area contributed by atoms with Gasteiger partial charge < -0.3 is 14.6 Å². The van der Waals surface area contributed by atoms with Crippen molar-refractivity contribution in [2.45, 2.75) is 96.6 Å². The summed E-state index contributed by atoms with van der Waals surface area (Å²) in [6, 6.07) is 0. The number of allylic oxidation sites excluding steroid dienone is 1. The van der Waals surface area contributed by atoms with E-state index in [1.807, 2.05) is 20.8 Å². The number of epoxide rings is 1. The molecule has 3 saturated carbocycles. The van der Waals surface area contributed by atoms with Gasteiger partial charge >= 0.3 is 5.97 Å². The second kappa shape index (κ2) is 6.70. The van der Waals surface area contributed by atoms with Crippen molar-refractivity contribution in [2.75, 3.05) is 0 Å². The lowest BCUT2D eigenvalue weighted by atomic mass is 9.44. The molecule has 6 nitrogen and oxygen atoms in total. The van der Waals surface area contributed by atoms with Crippen LogP contribution >= 0.6 is 0 Å². The van der Waals surface area contributed by atoms with Gasteiger partial charge in [-0.2, -0.15) is 0 Å². The summed E-state index contributed by atoms with van der Waals surface area (Å²) in [7, 11) is 0. The molecule has 10 atom stereocenters. The molecule has 0 aromatic rings. The molecule has 34 heavy (non-hydrogen) atoms. The van der Waals surface area contributed by atoms with E-state index < -0.39 is 22.7 Å². The number of rotatable bonds is 2. The van der Waals surface area contributed by atoms with Crippen LogP contribution in [-0.4, -0.2) is 46.1 Å². The predicted molar refractivity (Wildman–Crippen MR) is 124 cm³/mol. The minimum Gasteiger partial charge on any atom is -0.456 e. The maximum atomic E-state index is 13.3. The second-order valence-corrected chi connectivity index (χ2v) is 12.6. The van der Waals surface area contributed by atoms with Crippen LogP contribution in [0.4, 0.5) is 0 Å². The lowest BCUT2D eigenvalue weighted by molar-refractivity contribution is -0.183. The lowest BCUT2D eigenvalue weighted by Gasteiger charge is -2.58. The zero-order valence-electron chi connectivity index (χ0n) is 20.8. The van der Waals surface area contributed by atoms with Crippen LogP contribution in [0.3, 0.4) is 0 Å². The summed E-state index contributed by atoms with van der Waals surface area (Å²) in [5.41, 5.74) is -1.37. The van der Waals surface area contributed by atoms with Gasteiger partial charge in [0.1, 0.15) is 11.7 Å². The van der Waals surface area contributed by atoms with Crippen molar-refractivity contribution in [3.8, 4) is 0 Å². The Balaban J connectivity index is 1.32. The Hall–Kier alpha value is -1.79. The van der Waals surface area contributed by atoms with Gasteiger partial charge in [-0.25, -0.2) is 4.79 Å². The van der Waals surface area contributed by atoms with Crippen molar-refractivity contribution < 1.29 is 29.0 Å². The van der Waals surface area contributed by atoms with Crippen molar-refractivity contribution in [1.29, 1.82) is 0 Å². The van der Waals surface area contributed by atoms with Crippen LogP contribution in [0.2, 0.25) is 0 Å². The highest BCUT2D eigenvalue weighted by atomic mass is 16.6. The van der Waals surface area contributed by atoms with Crippen LogP contribution in [-0.2, 0) is 23.9 Å². The molecule has 6 heteroatoms. The third-order valence-corrected chi connectivity index (χ3v) is 11.5. The van der Waals surface area contributed by atoms with Crippen LogP contribution in [0.1, 0.15) is 73.1 Å². The normalized spacial score (nSPS) is 51.2. The predicted octanol–water partition coefficient (Wildman–Crippen LogP) is 3.70.